The van der Waals surface area contributed by atoms with Gasteiger partial charge in [0.1, 0.15) is 5.75 Å². The number of nitrogens with zero attached hydrogens (tertiary/aromatic N) is 1. The van der Waals surface area contributed by atoms with E-state index in [0.717, 1.165) is 22.6 Å². The Morgan fingerprint density at radius 2 is 1.92 bits per heavy atom. The molecule has 1 atom stereocenters. The van der Waals surface area contributed by atoms with Crippen molar-refractivity contribution in [2.45, 2.75) is 23.1 Å². The molecule has 0 aromatic heterocycles. The van der Waals surface area contributed by atoms with Gasteiger partial charge in [-0.05, 0) is 35.7 Å². The van der Waals surface area contributed by atoms with Gasteiger partial charge in [-0.1, -0.05) is 30.3 Å². The fourth-order valence-electron chi connectivity index (χ4n) is 2.91. The Kier molecular flexibility index (Phi) is 5.64. The van der Waals surface area contributed by atoms with Gasteiger partial charge in [-0.25, -0.2) is 8.42 Å². The van der Waals surface area contributed by atoms with Gasteiger partial charge in [0.05, 0.1) is 23.4 Å². The molecular weight excluding hydrogens is 368 g/mol. The zero-order valence-electron chi connectivity index (χ0n) is 14.0. The Morgan fingerprint density at radius 1 is 1.19 bits per heavy atom. The third-order valence-electron chi connectivity index (χ3n) is 4.11. The maximum atomic E-state index is 12.3. The van der Waals surface area contributed by atoms with E-state index in [1.54, 1.807) is 36.0 Å². The highest BCUT2D eigenvalue weighted by Gasteiger charge is 2.24. The zero-order chi connectivity index (χ0) is 18.6. The highest BCUT2D eigenvalue weighted by Crippen LogP contribution is 2.35. The maximum Gasteiger partial charge on any atom is 0.235 e. The molecule has 7 heteroatoms. The van der Waals surface area contributed by atoms with Crippen LogP contribution in [-0.4, -0.2) is 25.8 Å². The first-order valence-electron chi connectivity index (χ1n) is 8.17. The third-order valence-corrected chi connectivity index (χ3v) is 6.71. The number of rotatable bonds is 5. The number of thioether (sulfide) groups is 1. The first kappa shape index (κ1) is 18.5. The SMILES string of the molecule is N#Cc1ccc(CS(=O)(=O)CC(=O)N[C@H]2CCSc3ccccc32)cc1. The summed E-state index contributed by atoms with van der Waals surface area (Å²) in [7, 11) is -3.58. The molecule has 2 aromatic rings. The van der Waals surface area contributed by atoms with E-state index in [0.29, 0.717) is 11.1 Å². The van der Waals surface area contributed by atoms with E-state index in [9.17, 15) is 13.2 Å². The van der Waals surface area contributed by atoms with Crippen LogP contribution in [0.5, 0.6) is 0 Å². The molecule has 3 rings (SSSR count). The standard InChI is InChI=1S/C19H18N2O3S2/c20-11-14-5-7-15(8-6-14)12-26(23,24)13-19(22)21-17-9-10-25-18-4-2-1-3-16(17)18/h1-8,17H,9-10,12-13H2,(H,21,22)/t17-/m0/s1. The summed E-state index contributed by atoms with van der Waals surface area (Å²) in [5.41, 5.74) is 2.08. The first-order valence-corrected chi connectivity index (χ1v) is 11.0. The van der Waals surface area contributed by atoms with Crippen molar-refractivity contribution < 1.29 is 13.2 Å². The highest BCUT2D eigenvalue weighted by atomic mass is 32.2. The molecule has 0 aliphatic carbocycles. The number of sulfone groups is 1. The van der Waals surface area contributed by atoms with E-state index < -0.39 is 21.5 Å². The number of nitriles is 1. The number of carbonyl (C=O) groups excluding carboxylic acids is 1. The Bertz CT molecular complexity index is 947. The number of hydrogen-bond donors (Lipinski definition) is 1. The van der Waals surface area contributed by atoms with Gasteiger partial charge in [0.25, 0.3) is 0 Å². The minimum absolute atomic E-state index is 0.148. The topological polar surface area (TPSA) is 87.0 Å². The van der Waals surface area contributed by atoms with Crippen molar-refractivity contribution in [3.63, 3.8) is 0 Å². The Hall–Kier alpha value is -2.30. The van der Waals surface area contributed by atoms with Crippen LogP contribution in [0.3, 0.4) is 0 Å². The second-order valence-corrected chi connectivity index (χ2v) is 9.34. The fourth-order valence-corrected chi connectivity index (χ4v) is 5.32. The van der Waals surface area contributed by atoms with Crippen molar-refractivity contribution in [3.05, 3.63) is 65.2 Å². The normalized spacial score (nSPS) is 16.3. The summed E-state index contributed by atoms with van der Waals surface area (Å²) >= 11 is 1.74. The Labute approximate surface area is 157 Å². The summed E-state index contributed by atoms with van der Waals surface area (Å²) in [5, 5.41) is 11.6. The summed E-state index contributed by atoms with van der Waals surface area (Å²) in [5.74, 6) is -0.354. The predicted molar refractivity (Wildman–Crippen MR) is 101 cm³/mol. The van der Waals surface area contributed by atoms with Crippen LogP contribution >= 0.6 is 11.8 Å². The van der Waals surface area contributed by atoms with Crippen LogP contribution in [0.4, 0.5) is 0 Å². The summed E-state index contributed by atoms with van der Waals surface area (Å²) in [6.07, 6.45) is 0.781. The van der Waals surface area contributed by atoms with E-state index in [1.807, 2.05) is 30.3 Å². The maximum absolute atomic E-state index is 12.3. The van der Waals surface area contributed by atoms with Crippen molar-refractivity contribution in [1.82, 2.24) is 5.32 Å². The van der Waals surface area contributed by atoms with E-state index in [4.69, 9.17) is 5.26 Å². The quantitative estimate of drug-likeness (QED) is 0.854. The molecule has 1 amide bonds. The largest absolute Gasteiger partial charge is 0.348 e. The number of amides is 1. The average molecular weight is 386 g/mol. The number of fused-ring (bicyclic) bond motifs is 1. The third kappa shape index (κ3) is 4.65. The summed E-state index contributed by atoms with van der Waals surface area (Å²) in [6.45, 7) is 0. The van der Waals surface area contributed by atoms with Gasteiger partial charge in [-0.15, -0.1) is 11.8 Å². The van der Waals surface area contributed by atoms with Crippen molar-refractivity contribution in [2.24, 2.45) is 0 Å². The van der Waals surface area contributed by atoms with E-state index in [-0.39, 0.29) is 11.8 Å². The molecule has 0 bridgehead atoms. The molecule has 26 heavy (non-hydrogen) atoms. The molecule has 0 fully saturated rings. The second kappa shape index (κ2) is 7.94. The molecule has 0 unspecified atom stereocenters. The molecule has 5 nitrogen and oxygen atoms in total. The molecule has 0 radical (unpaired) electrons. The number of benzene rings is 2. The van der Waals surface area contributed by atoms with Crippen LogP contribution in [-0.2, 0) is 20.4 Å². The lowest BCUT2D eigenvalue weighted by Gasteiger charge is -2.25. The minimum Gasteiger partial charge on any atom is -0.348 e. The lowest BCUT2D eigenvalue weighted by Crippen LogP contribution is -2.35. The van der Waals surface area contributed by atoms with Gasteiger partial charge in [-0.3, -0.25) is 4.79 Å². The average Bonchev–Trinajstić information content (AvgIpc) is 2.62. The second-order valence-electron chi connectivity index (χ2n) is 6.14. The zero-order valence-corrected chi connectivity index (χ0v) is 15.6. The molecule has 0 saturated heterocycles. The Balaban J connectivity index is 1.63. The van der Waals surface area contributed by atoms with Gasteiger partial charge in [0, 0.05) is 10.6 Å². The molecule has 134 valence electrons. The van der Waals surface area contributed by atoms with Crippen LogP contribution in [0.2, 0.25) is 0 Å². The monoisotopic (exact) mass is 386 g/mol. The molecular formula is C19H18N2O3S2. The van der Waals surface area contributed by atoms with Crippen molar-refractivity contribution >= 4 is 27.5 Å². The van der Waals surface area contributed by atoms with Gasteiger partial charge < -0.3 is 5.32 Å². The summed E-state index contributed by atoms with van der Waals surface area (Å²) in [6, 6.07) is 16.0. The summed E-state index contributed by atoms with van der Waals surface area (Å²) in [4.78, 5) is 13.4. The van der Waals surface area contributed by atoms with Crippen LogP contribution in [0.25, 0.3) is 0 Å². The number of hydrogen-bond acceptors (Lipinski definition) is 5. The molecule has 1 aliphatic rings. The lowest BCUT2D eigenvalue weighted by atomic mass is 10.0. The molecule has 1 heterocycles. The van der Waals surface area contributed by atoms with Gasteiger partial charge in [-0.2, -0.15) is 5.26 Å². The molecule has 0 spiro atoms. The van der Waals surface area contributed by atoms with E-state index in [1.165, 1.54) is 0 Å². The van der Waals surface area contributed by atoms with Crippen LogP contribution < -0.4 is 5.32 Å². The Morgan fingerprint density at radius 3 is 2.65 bits per heavy atom. The molecule has 1 N–H and O–H groups in total. The first-order chi connectivity index (χ1) is 12.5. The van der Waals surface area contributed by atoms with Crippen molar-refractivity contribution in [2.75, 3.05) is 11.5 Å². The molecule has 1 aliphatic heterocycles. The fraction of sp³-hybridized carbons (Fsp3) is 0.263. The predicted octanol–water partition coefficient (Wildman–Crippen LogP) is 2.83. The number of carbonyl (C=O) groups is 1. The smallest absolute Gasteiger partial charge is 0.235 e. The van der Waals surface area contributed by atoms with Crippen LogP contribution in [0.15, 0.2) is 53.4 Å². The lowest BCUT2D eigenvalue weighted by molar-refractivity contribution is -0.119. The summed E-state index contributed by atoms with van der Waals surface area (Å²) < 4.78 is 24.6. The van der Waals surface area contributed by atoms with Crippen LogP contribution in [0.1, 0.15) is 29.2 Å². The molecule has 2 aromatic carbocycles. The van der Waals surface area contributed by atoms with Gasteiger partial charge in [0.2, 0.25) is 5.91 Å². The van der Waals surface area contributed by atoms with E-state index in [2.05, 4.69) is 5.32 Å². The van der Waals surface area contributed by atoms with Crippen molar-refractivity contribution in [3.8, 4) is 6.07 Å². The van der Waals surface area contributed by atoms with E-state index >= 15 is 0 Å². The number of nitrogens with one attached hydrogen (secondary N) is 1. The van der Waals surface area contributed by atoms with Gasteiger partial charge >= 0.3 is 0 Å². The molecule has 0 saturated carbocycles. The van der Waals surface area contributed by atoms with Gasteiger partial charge in [0.15, 0.2) is 9.84 Å². The van der Waals surface area contributed by atoms with Crippen molar-refractivity contribution in [1.29, 1.82) is 5.26 Å². The minimum atomic E-state index is -3.58. The highest BCUT2D eigenvalue weighted by molar-refractivity contribution is 7.99. The van der Waals surface area contributed by atoms with Crippen LogP contribution in [0, 0.1) is 11.3 Å².